The van der Waals surface area contributed by atoms with Gasteiger partial charge in [0.2, 0.25) is 0 Å². The minimum absolute atomic E-state index is 0.139. The van der Waals surface area contributed by atoms with E-state index in [0.717, 1.165) is 36.4 Å². The van der Waals surface area contributed by atoms with E-state index in [1.165, 1.54) is 12.8 Å². The number of amides is 1. The number of nitrogens with one attached hydrogen (secondary N) is 2. The van der Waals surface area contributed by atoms with Crippen LogP contribution in [-0.4, -0.2) is 38.4 Å². The van der Waals surface area contributed by atoms with Crippen LogP contribution in [0.3, 0.4) is 0 Å². The van der Waals surface area contributed by atoms with Gasteiger partial charge in [0.05, 0.1) is 6.20 Å². The topological polar surface area (TPSA) is 80.5 Å². The van der Waals surface area contributed by atoms with E-state index in [-0.39, 0.29) is 12.1 Å². The summed E-state index contributed by atoms with van der Waals surface area (Å²) in [7, 11) is 0. The highest BCUT2D eigenvalue weighted by Crippen LogP contribution is 2.40. The van der Waals surface area contributed by atoms with Crippen LogP contribution in [0.2, 0.25) is 0 Å². The van der Waals surface area contributed by atoms with E-state index in [0.29, 0.717) is 12.0 Å². The fraction of sp³-hybridized carbons (Fsp3) is 0.632. The quantitative estimate of drug-likeness (QED) is 0.876. The second kappa shape index (κ2) is 6.45. The maximum absolute atomic E-state index is 12.0. The molecule has 0 aromatic carbocycles. The van der Waals surface area contributed by atoms with Gasteiger partial charge in [0, 0.05) is 35.8 Å². The predicted molar refractivity (Wildman–Crippen MR) is 99.4 cm³/mol. The van der Waals surface area contributed by atoms with Crippen LogP contribution < -0.4 is 10.6 Å². The molecule has 0 unspecified atom stereocenters. The van der Waals surface area contributed by atoms with Crippen molar-refractivity contribution in [3.8, 4) is 0 Å². The van der Waals surface area contributed by atoms with Crippen LogP contribution in [0.5, 0.6) is 0 Å². The van der Waals surface area contributed by atoms with E-state index < -0.39 is 5.60 Å². The van der Waals surface area contributed by atoms with Gasteiger partial charge in [-0.05, 0) is 52.9 Å². The number of carbonyl (C=O) groups excluding carboxylic acids is 1. The lowest BCUT2D eigenvalue weighted by Crippen LogP contribution is -2.38. The first-order valence-electron chi connectivity index (χ1n) is 9.48. The molecule has 7 nitrogen and oxygen atoms in total. The lowest BCUT2D eigenvalue weighted by atomic mass is 10.2. The molecule has 26 heavy (non-hydrogen) atoms. The van der Waals surface area contributed by atoms with Gasteiger partial charge in [-0.15, -0.1) is 0 Å². The normalized spacial score (nSPS) is 23.2. The van der Waals surface area contributed by atoms with Crippen molar-refractivity contribution in [1.29, 1.82) is 0 Å². The molecule has 0 aliphatic heterocycles. The number of ether oxygens (including phenoxy) is 1. The highest BCUT2D eigenvalue weighted by atomic mass is 16.6. The van der Waals surface area contributed by atoms with Crippen molar-refractivity contribution in [1.82, 2.24) is 19.9 Å². The molecule has 2 aliphatic carbocycles. The number of fused-ring (bicyclic) bond motifs is 1. The molecule has 0 radical (unpaired) electrons. The Morgan fingerprint density at radius 1 is 1.23 bits per heavy atom. The number of hydrogen-bond donors (Lipinski definition) is 2. The van der Waals surface area contributed by atoms with Crippen LogP contribution >= 0.6 is 0 Å². The highest BCUT2D eigenvalue weighted by Gasteiger charge is 2.30. The Bertz CT molecular complexity index is 806. The molecule has 2 N–H and O–H groups in total. The Morgan fingerprint density at radius 3 is 2.73 bits per heavy atom. The van der Waals surface area contributed by atoms with Crippen molar-refractivity contribution in [2.75, 3.05) is 5.32 Å². The molecule has 2 saturated carbocycles. The molecule has 2 heterocycles. The van der Waals surface area contributed by atoms with Crippen LogP contribution in [0.1, 0.15) is 64.5 Å². The van der Waals surface area contributed by atoms with E-state index in [9.17, 15) is 4.79 Å². The zero-order valence-corrected chi connectivity index (χ0v) is 15.7. The highest BCUT2D eigenvalue weighted by molar-refractivity contribution is 5.68. The van der Waals surface area contributed by atoms with E-state index in [1.807, 2.05) is 31.4 Å². The van der Waals surface area contributed by atoms with Gasteiger partial charge < -0.3 is 15.4 Å². The summed E-state index contributed by atoms with van der Waals surface area (Å²) in [5, 5.41) is 11.0. The minimum atomic E-state index is -0.470. The van der Waals surface area contributed by atoms with Crippen molar-refractivity contribution >= 4 is 17.6 Å². The SMILES string of the molecule is CC(C)(C)OC(=O)N[C@@H]1CC[C@@H](Nc2cc(C3CC3)nc3ccnn23)C1. The van der Waals surface area contributed by atoms with Gasteiger partial charge in [-0.2, -0.15) is 9.61 Å². The summed E-state index contributed by atoms with van der Waals surface area (Å²) in [6.07, 6.45) is 6.72. The summed E-state index contributed by atoms with van der Waals surface area (Å²) in [5.41, 5.74) is 1.57. The fourth-order valence-corrected chi connectivity index (χ4v) is 3.55. The van der Waals surface area contributed by atoms with Gasteiger partial charge in [-0.25, -0.2) is 9.78 Å². The molecule has 2 aromatic rings. The molecule has 2 fully saturated rings. The van der Waals surface area contributed by atoms with E-state index in [2.05, 4.69) is 21.8 Å². The summed E-state index contributed by atoms with van der Waals surface area (Å²) in [5.74, 6) is 1.59. The lowest BCUT2D eigenvalue weighted by molar-refractivity contribution is 0.0505. The Balaban J connectivity index is 1.40. The summed E-state index contributed by atoms with van der Waals surface area (Å²) in [6.45, 7) is 5.63. The third-order valence-corrected chi connectivity index (χ3v) is 4.88. The molecular weight excluding hydrogens is 330 g/mol. The van der Waals surface area contributed by atoms with Gasteiger partial charge in [0.15, 0.2) is 5.65 Å². The number of aromatic nitrogens is 3. The number of nitrogens with zero attached hydrogens (tertiary/aromatic N) is 3. The maximum atomic E-state index is 12.0. The third kappa shape index (κ3) is 3.92. The Labute approximate surface area is 153 Å². The molecule has 2 aliphatic rings. The Kier molecular flexibility index (Phi) is 4.25. The summed E-state index contributed by atoms with van der Waals surface area (Å²) in [6, 6.07) is 4.52. The zero-order chi connectivity index (χ0) is 18.3. The number of rotatable bonds is 4. The summed E-state index contributed by atoms with van der Waals surface area (Å²) >= 11 is 0. The van der Waals surface area contributed by atoms with E-state index in [4.69, 9.17) is 9.72 Å². The van der Waals surface area contributed by atoms with Gasteiger partial charge >= 0.3 is 6.09 Å². The molecule has 0 spiro atoms. The third-order valence-electron chi connectivity index (χ3n) is 4.88. The van der Waals surface area contributed by atoms with Crippen LogP contribution in [0.15, 0.2) is 18.3 Å². The van der Waals surface area contributed by atoms with E-state index >= 15 is 0 Å². The average Bonchev–Trinajstić information content (AvgIpc) is 3.12. The molecule has 7 heteroatoms. The molecule has 0 saturated heterocycles. The maximum Gasteiger partial charge on any atom is 0.407 e. The van der Waals surface area contributed by atoms with Crippen LogP contribution in [0.25, 0.3) is 5.65 Å². The second-order valence-electron chi connectivity index (χ2n) is 8.44. The fourth-order valence-electron chi connectivity index (χ4n) is 3.55. The molecule has 4 rings (SSSR count). The standard InChI is InChI=1S/C19H27N5O2/c1-19(2,3)26-18(25)22-14-7-6-13(10-14)21-17-11-15(12-4-5-12)23-16-8-9-20-24(16)17/h8-9,11-14,21H,4-7,10H2,1-3H3,(H,22,25)/t13-,14-/m1/s1. The average molecular weight is 357 g/mol. The van der Waals surface area contributed by atoms with E-state index in [1.54, 1.807) is 6.20 Å². The first kappa shape index (κ1) is 17.1. The van der Waals surface area contributed by atoms with Crippen LogP contribution in [0.4, 0.5) is 10.6 Å². The van der Waals surface area contributed by atoms with Crippen molar-refractivity contribution in [2.24, 2.45) is 0 Å². The summed E-state index contributed by atoms with van der Waals surface area (Å²) in [4.78, 5) is 16.7. The number of carbonyl (C=O) groups is 1. The van der Waals surface area contributed by atoms with Crippen molar-refractivity contribution in [2.45, 2.75) is 76.5 Å². The second-order valence-corrected chi connectivity index (χ2v) is 8.44. The van der Waals surface area contributed by atoms with Crippen LogP contribution in [-0.2, 0) is 4.74 Å². The van der Waals surface area contributed by atoms with Gasteiger partial charge in [-0.3, -0.25) is 0 Å². The monoisotopic (exact) mass is 357 g/mol. The Morgan fingerprint density at radius 2 is 2.00 bits per heavy atom. The summed E-state index contributed by atoms with van der Waals surface area (Å²) < 4.78 is 7.22. The van der Waals surface area contributed by atoms with Crippen LogP contribution in [0, 0.1) is 0 Å². The predicted octanol–water partition coefficient (Wildman–Crippen LogP) is 3.46. The molecule has 0 bridgehead atoms. The lowest BCUT2D eigenvalue weighted by Gasteiger charge is -2.22. The number of anilines is 1. The molecule has 2 atom stereocenters. The largest absolute Gasteiger partial charge is 0.444 e. The van der Waals surface area contributed by atoms with Gasteiger partial charge in [-0.1, -0.05) is 0 Å². The number of hydrogen-bond acceptors (Lipinski definition) is 5. The zero-order valence-electron chi connectivity index (χ0n) is 15.7. The smallest absolute Gasteiger partial charge is 0.407 e. The minimum Gasteiger partial charge on any atom is -0.444 e. The Hall–Kier alpha value is -2.31. The first-order chi connectivity index (χ1) is 12.4. The van der Waals surface area contributed by atoms with Gasteiger partial charge in [0.25, 0.3) is 0 Å². The number of alkyl carbamates (subject to hydrolysis) is 1. The molecular formula is C19H27N5O2. The van der Waals surface area contributed by atoms with Crippen molar-refractivity contribution in [3.05, 3.63) is 24.0 Å². The molecule has 2 aromatic heterocycles. The first-order valence-corrected chi connectivity index (χ1v) is 9.48. The van der Waals surface area contributed by atoms with Gasteiger partial charge in [0.1, 0.15) is 11.4 Å². The molecule has 1 amide bonds. The molecule has 140 valence electrons. The van der Waals surface area contributed by atoms with Crippen molar-refractivity contribution < 1.29 is 9.53 Å². The van der Waals surface area contributed by atoms with Crippen molar-refractivity contribution in [3.63, 3.8) is 0 Å².